The van der Waals surface area contributed by atoms with Crippen LogP contribution < -0.4 is 16.3 Å². The van der Waals surface area contributed by atoms with E-state index < -0.39 is 17.6 Å². The van der Waals surface area contributed by atoms with E-state index in [1.54, 1.807) is 35.3 Å². The number of unbranched alkanes of at least 4 members (excludes halogenated alkanes) is 3. The van der Waals surface area contributed by atoms with E-state index in [-0.39, 0.29) is 29.8 Å². The van der Waals surface area contributed by atoms with Crippen LogP contribution in [0.5, 0.6) is 0 Å². The maximum atomic E-state index is 15.4. The van der Waals surface area contributed by atoms with Gasteiger partial charge in [-0.1, -0.05) is 40.4 Å². The molecule has 0 aliphatic carbocycles. The summed E-state index contributed by atoms with van der Waals surface area (Å²) in [6.45, 7) is 0.246. The van der Waals surface area contributed by atoms with Crippen LogP contribution in [-0.2, 0) is 16.7 Å². The summed E-state index contributed by atoms with van der Waals surface area (Å²) in [7, 11) is 1.70. The Morgan fingerprint density at radius 2 is 2.00 bits per heavy atom. The van der Waals surface area contributed by atoms with Crippen molar-refractivity contribution in [2.75, 3.05) is 11.9 Å². The fourth-order valence-electron chi connectivity index (χ4n) is 3.29. The van der Waals surface area contributed by atoms with E-state index in [9.17, 15) is 9.59 Å². The number of aryl methyl sites for hydroxylation is 1. The smallest absolute Gasteiger partial charge is 0.277 e. The van der Waals surface area contributed by atoms with Crippen LogP contribution in [0.3, 0.4) is 0 Å². The summed E-state index contributed by atoms with van der Waals surface area (Å²) in [5, 5.41) is 11.7. The SMILES string of the molecule is Cn1cnc2c(F)c(Nc3ccc(Br)cc3Cl)c(C(=O)NOCCCCCCC(=O)NO)cc21. The number of hydrogen-bond acceptors (Lipinski definition) is 6. The van der Waals surface area contributed by atoms with Crippen LogP contribution in [0.1, 0.15) is 42.5 Å². The number of hydroxylamine groups is 2. The first-order chi connectivity index (χ1) is 16.3. The molecule has 0 fully saturated rings. The lowest BCUT2D eigenvalue weighted by Gasteiger charge is -2.15. The standard InChI is InChI=1S/C22H24BrClFN5O4/c1-30-12-26-21-17(30)11-14(20(19(21)25)27-16-8-7-13(23)10-15(16)24)22(32)29-34-9-5-3-2-4-6-18(31)28-33/h7-8,10-12,27,33H,2-6,9H2,1H3,(H,28,31)(H,29,32). The van der Waals surface area contributed by atoms with Gasteiger partial charge in [0.1, 0.15) is 5.52 Å². The third-order valence-electron chi connectivity index (χ3n) is 5.09. The Bertz CT molecular complexity index is 1190. The zero-order chi connectivity index (χ0) is 24.7. The highest BCUT2D eigenvalue weighted by molar-refractivity contribution is 9.10. The zero-order valence-corrected chi connectivity index (χ0v) is 20.7. The summed E-state index contributed by atoms with van der Waals surface area (Å²) in [6.07, 6.45) is 4.54. The first-order valence-electron chi connectivity index (χ1n) is 10.5. The largest absolute Gasteiger partial charge is 0.351 e. The van der Waals surface area contributed by atoms with Crippen LogP contribution in [0, 0.1) is 5.82 Å². The lowest BCUT2D eigenvalue weighted by atomic mass is 10.1. The normalized spacial score (nSPS) is 11.0. The van der Waals surface area contributed by atoms with E-state index in [0.29, 0.717) is 29.1 Å². The molecule has 1 heterocycles. The molecule has 0 bridgehead atoms. The number of aromatic nitrogens is 2. The number of rotatable bonds is 11. The monoisotopic (exact) mass is 555 g/mol. The van der Waals surface area contributed by atoms with Gasteiger partial charge in [0.25, 0.3) is 5.91 Å². The van der Waals surface area contributed by atoms with E-state index in [0.717, 1.165) is 17.3 Å². The fourth-order valence-corrected chi connectivity index (χ4v) is 4.01. The Morgan fingerprint density at radius 3 is 2.74 bits per heavy atom. The van der Waals surface area contributed by atoms with Gasteiger partial charge in [-0.05, 0) is 37.1 Å². The molecular formula is C22H24BrClFN5O4. The highest BCUT2D eigenvalue weighted by Gasteiger charge is 2.22. The van der Waals surface area contributed by atoms with E-state index in [2.05, 4.69) is 31.7 Å². The first kappa shape index (κ1) is 25.9. The number of carbonyl (C=O) groups excluding carboxylic acids is 2. The number of hydrogen-bond donors (Lipinski definition) is 4. The number of anilines is 2. The molecule has 34 heavy (non-hydrogen) atoms. The third-order valence-corrected chi connectivity index (χ3v) is 5.89. The number of nitrogens with zero attached hydrogens (tertiary/aromatic N) is 2. The second kappa shape index (κ2) is 12.1. The molecule has 0 aliphatic heterocycles. The summed E-state index contributed by atoms with van der Waals surface area (Å²) < 4.78 is 17.8. The van der Waals surface area contributed by atoms with Crippen molar-refractivity contribution in [2.24, 2.45) is 7.05 Å². The molecular weight excluding hydrogens is 533 g/mol. The fraction of sp³-hybridized carbons (Fsp3) is 0.318. The number of fused-ring (bicyclic) bond motifs is 1. The molecule has 1 aromatic heterocycles. The van der Waals surface area contributed by atoms with Gasteiger partial charge in [0.15, 0.2) is 5.82 Å². The van der Waals surface area contributed by atoms with Crippen LogP contribution in [-0.4, -0.2) is 33.2 Å². The van der Waals surface area contributed by atoms with Crippen molar-refractivity contribution in [3.05, 3.63) is 51.5 Å². The second-order valence-electron chi connectivity index (χ2n) is 7.56. The Hall–Kier alpha value is -2.73. The quantitative estimate of drug-likeness (QED) is 0.150. The molecule has 3 aromatic rings. The van der Waals surface area contributed by atoms with Crippen LogP contribution in [0.2, 0.25) is 5.02 Å². The molecule has 0 unspecified atom stereocenters. The maximum Gasteiger partial charge on any atom is 0.277 e. The maximum absolute atomic E-state index is 15.4. The summed E-state index contributed by atoms with van der Waals surface area (Å²) in [5.74, 6) is -1.73. The van der Waals surface area contributed by atoms with E-state index in [1.165, 1.54) is 12.4 Å². The number of carbonyl (C=O) groups is 2. The zero-order valence-electron chi connectivity index (χ0n) is 18.3. The van der Waals surface area contributed by atoms with Crippen molar-refractivity contribution in [3.63, 3.8) is 0 Å². The van der Waals surface area contributed by atoms with Crippen LogP contribution >= 0.6 is 27.5 Å². The third kappa shape index (κ3) is 6.44. The minimum atomic E-state index is -0.686. The van der Waals surface area contributed by atoms with Crippen LogP contribution in [0.15, 0.2) is 35.1 Å². The van der Waals surface area contributed by atoms with Crippen molar-refractivity contribution in [1.82, 2.24) is 20.5 Å². The van der Waals surface area contributed by atoms with Gasteiger partial charge in [0, 0.05) is 17.9 Å². The summed E-state index contributed by atoms with van der Waals surface area (Å²) in [5.41, 5.74) is 4.89. The highest BCUT2D eigenvalue weighted by atomic mass is 79.9. The molecule has 12 heteroatoms. The van der Waals surface area contributed by atoms with Gasteiger partial charge in [-0.25, -0.2) is 20.3 Å². The van der Waals surface area contributed by atoms with Gasteiger partial charge in [-0.15, -0.1) is 0 Å². The minimum Gasteiger partial charge on any atom is -0.351 e. The summed E-state index contributed by atoms with van der Waals surface area (Å²) in [6, 6.07) is 6.59. The molecule has 0 radical (unpaired) electrons. The van der Waals surface area contributed by atoms with Gasteiger partial charge in [-0.3, -0.25) is 19.6 Å². The predicted molar refractivity (Wildman–Crippen MR) is 130 cm³/mol. The van der Waals surface area contributed by atoms with Gasteiger partial charge < -0.3 is 9.88 Å². The van der Waals surface area contributed by atoms with Gasteiger partial charge in [0.2, 0.25) is 5.91 Å². The first-order valence-corrected chi connectivity index (χ1v) is 11.7. The molecule has 2 amide bonds. The van der Waals surface area contributed by atoms with Crippen LogP contribution in [0.4, 0.5) is 15.8 Å². The van der Waals surface area contributed by atoms with Crippen molar-refractivity contribution < 1.29 is 24.0 Å². The number of amides is 2. The van der Waals surface area contributed by atoms with Crippen LogP contribution in [0.25, 0.3) is 11.0 Å². The molecule has 2 aromatic carbocycles. The highest BCUT2D eigenvalue weighted by Crippen LogP contribution is 2.34. The molecule has 0 spiro atoms. The molecule has 0 saturated carbocycles. The Labute approximate surface area is 208 Å². The van der Waals surface area contributed by atoms with Crippen molar-refractivity contribution >= 4 is 61.8 Å². The molecule has 182 valence electrons. The lowest BCUT2D eigenvalue weighted by molar-refractivity contribution is -0.129. The molecule has 9 nitrogen and oxygen atoms in total. The van der Waals surface area contributed by atoms with Crippen molar-refractivity contribution in [3.8, 4) is 0 Å². The van der Waals surface area contributed by atoms with E-state index in [1.807, 2.05) is 0 Å². The Kier molecular flexibility index (Phi) is 9.22. The average Bonchev–Trinajstić information content (AvgIpc) is 3.19. The molecule has 4 N–H and O–H groups in total. The molecule has 3 rings (SSSR count). The van der Waals surface area contributed by atoms with E-state index >= 15 is 4.39 Å². The lowest BCUT2D eigenvalue weighted by Crippen LogP contribution is -2.25. The van der Waals surface area contributed by atoms with E-state index in [4.69, 9.17) is 21.6 Å². The minimum absolute atomic E-state index is 0.0302. The summed E-state index contributed by atoms with van der Waals surface area (Å²) in [4.78, 5) is 33.2. The summed E-state index contributed by atoms with van der Waals surface area (Å²) >= 11 is 9.60. The Balaban J connectivity index is 1.69. The van der Waals surface area contributed by atoms with Gasteiger partial charge in [0.05, 0.1) is 40.4 Å². The molecule has 0 aliphatic rings. The second-order valence-corrected chi connectivity index (χ2v) is 8.89. The number of nitrogens with one attached hydrogen (secondary N) is 3. The van der Waals surface area contributed by atoms with Gasteiger partial charge >= 0.3 is 0 Å². The number of benzene rings is 2. The van der Waals surface area contributed by atoms with Crippen molar-refractivity contribution in [2.45, 2.75) is 32.1 Å². The Morgan fingerprint density at radius 1 is 1.24 bits per heavy atom. The average molecular weight is 557 g/mol. The number of imidazole rings is 1. The predicted octanol–water partition coefficient (Wildman–Crippen LogP) is 4.99. The van der Waals surface area contributed by atoms with Crippen molar-refractivity contribution in [1.29, 1.82) is 0 Å². The number of halogens is 3. The van der Waals surface area contributed by atoms with Gasteiger partial charge in [-0.2, -0.15) is 0 Å². The topological polar surface area (TPSA) is 118 Å². The molecule has 0 atom stereocenters. The molecule has 0 saturated heterocycles.